The molecule has 3 aromatic carbocycles. The number of rotatable bonds is 17. The molecule has 0 aliphatic carbocycles. The molecule has 0 spiro atoms. The van der Waals surface area contributed by atoms with Crippen LogP contribution in [-0.4, -0.2) is 143 Å². The topological polar surface area (TPSA) is 234 Å². The number of esters is 1. The molecule has 9 rings (SSSR count). The number of non-ortho nitro benzene ring substituents is 1. The number of piperazine rings is 3. The molecule has 4 fully saturated rings. The van der Waals surface area contributed by atoms with E-state index in [-0.39, 0.29) is 41.9 Å². The van der Waals surface area contributed by atoms with E-state index in [2.05, 4.69) is 20.8 Å². The predicted molar refractivity (Wildman–Crippen MR) is 243 cm³/mol. The van der Waals surface area contributed by atoms with Gasteiger partial charge in [0.25, 0.3) is 15.7 Å². The lowest BCUT2D eigenvalue weighted by Crippen LogP contribution is -2.76. The van der Waals surface area contributed by atoms with Crippen molar-refractivity contribution in [1.29, 1.82) is 0 Å². The van der Waals surface area contributed by atoms with E-state index in [1.165, 1.54) is 33.5 Å². The van der Waals surface area contributed by atoms with Crippen molar-refractivity contribution in [2.45, 2.75) is 88.3 Å². The molecule has 0 aromatic heterocycles. The van der Waals surface area contributed by atoms with Gasteiger partial charge in [-0.15, -0.1) is 0 Å². The fraction of sp³-hybridized carbons (Fsp3) is 0.533. The monoisotopic (exact) mass is 1020 g/mol. The summed E-state index contributed by atoms with van der Waals surface area (Å²) in [6.45, 7) is 15.9. The zero-order valence-corrected chi connectivity index (χ0v) is 41.5. The number of nitro groups is 1. The van der Waals surface area contributed by atoms with Gasteiger partial charge in [0.2, 0.25) is 5.91 Å². The van der Waals surface area contributed by atoms with E-state index >= 15 is 0 Å². The summed E-state index contributed by atoms with van der Waals surface area (Å²) in [6, 6.07) is 17.2. The second kappa shape index (κ2) is 19.0. The molecule has 24 heteroatoms. The Morgan fingerprint density at radius 1 is 0.957 bits per heavy atom. The van der Waals surface area contributed by atoms with Gasteiger partial charge in [0, 0.05) is 29.9 Å². The number of amides is 1. The summed E-state index contributed by atoms with van der Waals surface area (Å²) in [4.78, 5) is 52.3. The number of hydrogen-bond acceptors (Lipinski definition) is 13. The van der Waals surface area contributed by atoms with Crippen molar-refractivity contribution < 1.29 is 77.1 Å². The molecule has 6 heterocycles. The largest absolute Gasteiger partial charge is 0.741 e. The number of ether oxygens (including phenoxy) is 1. The molecule has 376 valence electrons. The molecule has 2 bridgehead atoms. The van der Waals surface area contributed by atoms with Crippen LogP contribution in [0.1, 0.15) is 45.7 Å². The van der Waals surface area contributed by atoms with Gasteiger partial charge in [-0.3, -0.25) is 19.2 Å². The number of carbonyl (C=O) groups is 3. The number of nitrogens with zero attached hydrogens (tertiary/aromatic N) is 5. The number of fused-ring (bicyclic) bond motifs is 4. The predicted octanol–water partition coefficient (Wildman–Crippen LogP) is 4.15. The summed E-state index contributed by atoms with van der Waals surface area (Å²) in [5.41, 5.74) is -3.15. The van der Waals surface area contributed by atoms with Gasteiger partial charge in [0.05, 0.1) is 52.6 Å². The molecule has 1 amide bonds. The molecule has 4 saturated heterocycles. The van der Waals surface area contributed by atoms with E-state index in [1.807, 2.05) is 32.0 Å². The van der Waals surface area contributed by atoms with Gasteiger partial charge in [0.1, 0.15) is 58.1 Å². The number of carboxylic acid groups (broad SMARTS) is 1. The number of halogens is 3. The van der Waals surface area contributed by atoms with E-state index in [0.717, 1.165) is 85.8 Å². The molecule has 6 aliphatic rings. The van der Waals surface area contributed by atoms with E-state index in [1.54, 1.807) is 12.1 Å². The van der Waals surface area contributed by atoms with Crippen LogP contribution >= 0.6 is 0 Å². The fourth-order valence-electron chi connectivity index (χ4n) is 11.0. The normalized spacial score (nSPS) is 25.2. The first-order chi connectivity index (χ1) is 32.3. The number of carbonyl (C=O) groups excluding carboxylic acids is 3. The van der Waals surface area contributed by atoms with Crippen molar-refractivity contribution in [3.05, 3.63) is 87.1 Å². The minimum absolute atomic E-state index is 0.0381. The Bertz CT molecular complexity index is 2780. The number of anilines is 1. The van der Waals surface area contributed by atoms with Crippen molar-refractivity contribution >= 4 is 68.5 Å². The van der Waals surface area contributed by atoms with Crippen LogP contribution in [-0.2, 0) is 56.7 Å². The van der Waals surface area contributed by atoms with Crippen molar-refractivity contribution in [2.75, 3.05) is 63.2 Å². The molecule has 0 N–H and O–H groups in total. The summed E-state index contributed by atoms with van der Waals surface area (Å²) in [5.74, 6) is -2.97. The first kappa shape index (κ1) is 51.9. The molecule has 0 radical (unpaired) electrons. The maximum absolute atomic E-state index is 14.6. The lowest BCUT2D eigenvalue weighted by atomic mass is 9.77. The number of benzene rings is 3. The Balaban J connectivity index is 0.000000808. The summed E-state index contributed by atoms with van der Waals surface area (Å²) in [5, 5.41) is 24.2. The molecule has 6 aliphatic heterocycles. The second-order valence-corrected chi connectivity index (χ2v) is 26.7. The standard InChI is InChI=1S/C44H56N5O10SSi.CHF3O3S/c1-6-61(7-2,8-3)59-30(5)39-41-29(4)35(42(46(41)43(39)52)44(53)58-28-31-12-15-33(16-13-31)47(54)55)26-45-36-11-9-10-34-32(14-17-37(40(34)36)60(45,56)57)18-19-48-20-23-49(24-21-48,25-22-48)27-38(50)51;2-1(3,4)8(5,6)7/h9-17,29-30,39,41H,6-8,18-28H2,1-5H3;(H,5,6,7)/q+1;/p-1/t29-,30+,39?,41?,48?,49?;/m0./s1. The number of alkyl halides is 3. The third-order valence-corrected chi connectivity index (χ3v) is 22.5. The van der Waals surface area contributed by atoms with Gasteiger partial charge in [-0.25, -0.2) is 21.6 Å². The van der Waals surface area contributed by atoms with Gasteiger partial charge < -0.3 is 37.5 Å². The third-order valence-electron chi connectivity index (χ3n) is 15.4. The van der Waals surface area contributed by atoms with E-state index in [9.17, 15) is 51.2 Å². The van der Waals surface area contributed by atoms with Crippen molar-refractivity contribution in [3.8, 4) is 0 Å². The maximum atomic E-state index is 14.6. The first-order valence-electron chi connectivity index (χ1n) is 22.9. The second-order valence-electron chi connectivity index (χ2n) is 18.8. The minimum Gasteiger partial charge on any atom is -0.741 e. The smallest absolute Gasteiger partial charge is 0.485 e. The number of sulfonamides is 1. The molecule has 69 heavy (non-hydrogen) atoms. The van der Waals surface area contributed by atoms with Gasteiger partial charge >= 0.3 is 11.5 Å². The number of aliphatic carboxylic acids is 1. The van der Waals surface area contributed by atoms with Crippen LogP contribution in [0.5, 0.6) is 0 Å². The van der Waals surface area contributed by atoms with Crippen LogP contribution in [0.4, 0.5) is 24.5 Å². The fourth-order valence-corrected chi connectivity index (χ4v) is 15.6. The van der Waals surface area contributed by atoms with E-state index in [4.69, 9.17) is 22.1 Å². The molecule has 18 nitrogen and oxygen atoms in total. The minimum atomic E-state index is -6.09. The molecule has 4 atom stereocenters. The molecule has 3 aromatic rings. The third kappa shape index (κ3) is 9.64. The average molecular weight is 1020 g/mol. The Kier molecular flexibility index (Phi) is 14.3. The highest BCUT2D eigenvalue weighted by molar-refractivity contribution is 7.93. The van der Waals surface area contributed by atoms with Crippen molar-refractivity contribution in [1.82, 2.24) is 4.90 Å². The summed E-state index contributed by atoms with van der Waals surface area (Å²) < 4.78 is 104. The molecular formula is C45H56F3N5O13S2Si. The van der Waals surface area contributed by atoms with Crippen LogP contribution in [0.2, 0.25) is 18.1 Å². The summed E-state index contributed by atoms with van der Waals surface area (Å²) in [7, 11) is -12.3. The van der Waals surface area contributed by atoms with Gasteiger partial charge in [-0.1, -0.05) is 45.9 Å². The van der Waals surface area contributed by atoms with Crippen LogP contribution in [0.25, 0.3) is 10.8 Å². The van der Waals surface area contributed by atoms with E-state index < -0.39 is 74.8 Å². The highest BCUT2D eigenvalue weighted by Gasteiger charge is 2.61. The maximum Gasteiger partial charge on any atom is 0.485 e. The highest BCUT2D eigenvalue weighted by Crippen LogP contribution is 2.51. The summed E-state index contributed by atoms with van der Waals surface area (Å²) in [6.07, 6.45) is 0.321. The SMILES string of the molecule is CC[Si](CC)(CC)O[C@H](C)C1C(=O)N2C(C(=O)OCc3ccc([N+](=O)[O-])cc3)=C(CN3c4cccc5c(CC[N+]67CC[N+](CC(=O)[O-])(CC6)CC7)ccc(c45)S3(=O)=O)[C@H](C)C12.O=S(=O)([O-])C(F)(F)F. The number of carboxylic acids is 1. The van der Waals surface area contributed by atoms with E-state index in [0.29, 0.717) is 26.7 Å². The van der Waals surface area contributed by atoms with Gasteiger partial charge in [0.15, 0.2) is 18.4 Å². The number of nitro benzene ring substituents is 1. The van der Waals surface area contributed by atoms with Crippen molar-refractivity contribution in [3.63, 3.8) is 0 Å². The number of hydrogen-bond donors (Lipinski definition) is 0. The molecule has 0 saturated carbocycles. The Morgan fingerprint density at radius 3 is 2.07 bits per heavy atom. The highest BCUT2D eigenvalue weighted by atomic mass is 32.2. The Hall–Kier alpha value is -4.98. The quantitative estimate of drug-likeness (QED) is 0.0271. The Morgan fingerprint density at radius 2 is 1.54 bits per heavy atom. The summed E-state index contributed by atoms with van der Waals surface area (Å²) >= 11 is 0. The lowest BCUT2D eigenvalue weighted by molar-refractivity contribution is -1.08. The average Bonchev–Trinajstić information content (AvgIpc) is 3.67. The lowest BCUT2D eigenvalue weighted by Gasteiger charge is -2.55. The van der Waals surface area contributed by atoms with Crippen LogP contribution in [0.15, 0.2) is 70.8 Å². The Labute approximate surface area is 399 Å². The van der Waals surface area contributed by atoms with Crippen molar-refractivity contribution in [2.24, 2.45) is 11.8 Å². The van der Waals surface area contributed by atoms with Crippen LogP contribution in [0.3, 0.4) is 0 Å². The number of β-lactam (4-membered cyclic amide) rings is 1. The van der Waals surface area contributed by atoms with Gasteiger partial charge in [-0.2, -0.15) is 13.2 Å². The van der Waals surface area contributed by atoms with Crippen LogP contribution in [0, 0.1) is 22.0 Å². The first-order valence-corrected chi connectivity index (χ1v) is 28.3. The molecular weight excluding hydrogens is 968 g/mol. The number of quaternary nitrogens is 2. The molecule has 2 unspecified atom stereocenters. The zero-order chi connectivity index (χ0) is 50.6. The van der Waals surface area contributed by atoms with Gasteiger partial charge in [-0.05, 0) is 71.4 Å². The zero-order valence-electron chi connectivity index (χ0n) is 38.9. The van der Waals surface area contributed by atoms with Crippen LogP contribution < -0.4 is 9.41 Å².